The van der Waals surface area contributed by atoms with E-state index in [1.165, 1.54) is 0 Å². The van der Waals surface area contributed by atoms with E-state index in [0.717, 1.165) is 22.4 Å². The van der Waals surface area contributed by atoms with E-state index in [2.05, 4.69) is 32.7 Å². The first-order chi connectivity index (χ1) is 9.13. The highest BCUT2D eigenvalue weighted by atomic mass is 79.9. The first kappa shape index (κ1) is 16.4. The van der Waals surface area contributed by atoms with Gasteiger partial charge >= 0.3 is 0 Å². The summed E-state index contributed by atoms with van der Waals surface area (Å²) in [5, 5.41) is 0. The number of ether oxygens (including phenoxy) is 2. The molecule has 1 atom stereocenters. The SMILES string of the molecule is COCCN(c1ncc(Br)cc1CN)C(C)COC. The zero-order chi connectivity index (χ0) is 14.3. The third-order valence-corrected chi connectivity index (χ3v) is 3.31. The second-order valence-corrected chi connectivity index (χ2v) is 5.25. The van der Waals surface area contributed by atoms with Gasteiger partial charge in [-0.25, -0.2) is 4.98 Å². The lowest BCUT2D eigenvalue weighted by Gasteiger charge is -2.31. The predicted octanol–water partition coefficient (Wildman–Crippen LogP) is 1.79. The minimum atomic E-state index is 0.208. The Morgan fingerprint density at radius 2 is 2.16 bits per heavy atom. The molecule has 0 radical (unpaired) electrons. The Kier molecular flexibility index (Phi) is 7.30. The fraction of sp³-hybridized carbons (Fsp3) is 0.615. The van der Waals surface area contributed by atoms with E-state index in [0.29, 0.717) is 19.8 Å². The van der Waals surface area contributed by atoms with Crippen LogP contribution in [0.1, 0.15) is 12.5 Å². The molecule has 1 unspecified atom stereocenters. The molecule has 1 aromatic heterocycles. The molecule has 1 heterocycles. The summed E-state index contributed by atoms with van der Waals surface area (Å²) in [6.07, 6.45) is 1.79. The van der Waals surface area contributed by atoms with Gasteiger partial charge < -0.3 is 20.1 Å². The zero-order valence-corrected chi connectivity index (χ0v) is 13.3. The number of aromatic nitrogens is 1. The molecule has 5 nitrogen and oxygen atoms in total. The van der Waals surface area contributed by atoms with Crippen molar-refractivity contribution < 1.29 is 9.47 Å². The van der Waals surface area contributed by atoms with Gasteiger partial charge in [0.2, 0.25) is 0 Å². The lowest BCUT2D eigenvalue weighted by atomic mass is 10.2. The van der Waals surface area contributed by atoms with Crippen molar-refractivity contribution in [2.24, 2.45) is 5.73 Å². The van der Waals surface area contributed by atoms with Crippen LogP contribution in [-0.4, -0.2) is 45.0 Å². The van der Waals surface area contributed by atoms with Crippen LogP contribution in [0.2, 0.25) is 0 Å². The molecule has 0 aliphatic rings. The van der Waals surface area contributed by atoms with Crippen LogP contribution in [0.5, 0.6) is 0 Å². The maximum Gasteiger partial charge on any atom is 0.133 e. The van der Waals surface area contributed by atoms with Gasteiger partial charge in [0.05, 0.1) is 19.3 Å². The Bertz CT molecular complexity index is 390. The van der Waals surface area contributed by atoms with Crippen LogP contribution >= 0.6 is 15.9 Å². The summed E-state index contributed by atoms with van der Waals surface area (Å²) in [6, 6.07) is 2.21. The number of methoxy groups -OCH3 is 2. The van der Waals surface area contributed by atoms with E-state index in [4.69, 9.17) is 15.2 Å². The molecule has 0 aliphatic heterocycles. The molecule has 19 heavy (non-hydrogen) atoms. The van der Waals surface area contributed by atoms with E-state index in [1.807, 2.05) is 6.07 Å². The normalized spacial score (nSPS) is 12.5. The molecule has 0 spiro atoms. The summed E-state index contributed by atoms with van der Waals surface area (Å²) < 4.78 is 11.3. The van der Waals surface area contributed by atoms with E-state index in [1.54, 1.807) is 20.4 Å². The van der Waals surface area contributed by atoms with Crippen LogP contribution in [0.15, 0.2) is 16.7 Å². The molecule has 6 heteroatoms. The predicted molar refractivity (Wildman–Crippen MR) is 80.4 cm³/mol. The molecule has 0 aromatic carbocycles. The molecule has 0 amide bonds. The Balaban J connectivity index is 3.01. The van der Waals surface area contributed by atoms with Crippen LogP contribution in [0, 0.1) is 0 Å². The zero-order valence-electron chi connectivity index (χ0n) is 11.7. The number of nitrogens with zero attached hydrogens (tertiary/aromatic N) is 2. The molecule has 0 fully saturated rings. The lowest BCUT2D eigenvalue weighted by Crippen LogP contribution is -2.40. The summed E-state index contributed by atoms with van der Waals surface area (Å²) in [5.41, 5.74) is 6.82. The van der Waals surface area contributed by atoms with Crippen LogP contribution in [0.25, 0.3) is 0 Å². The highest BCUT2D eigenvalue weighted by molar-refractivity contribution is 9.10. The summed E-state index contributed by atoms with van der Waals surface area (Å²) in [5.74, 6) is 0.896. The number of anilines is 1. The Morgan fingerprint density at radius 1 is 1.42 bits per heavy atom. The smallest absolute Gasteiger partial charge is 0.133 e. The third kappa shape index (κ3) is 4.72. The third-order valence-electron chi connectivity index (χ3n) is 2.88. The van der Waals surface area contributed by atoms with Crippen molar-refractivity contribution >= 4 is 21.7 Å². The number of rotatable bonds is 8. The Hall–Kier alpha value is -0.690. The monoisotopic (exact) mass is 331 g/mol. The van der Waals surface area contributed by atoms with E-state index >= 15 is 0 Å². The van der Waals surface area contributed by atoms with E-state index in [-0.39, 0.29) is 6.04 Å². The number of nitrogens with two attached hydrogens (primary N) is 1. The van der Waals surface area contributed by atoms with Gasteiger partial charge in [-0.3, -0.25) is 0 Å². The molecular weight excluding hydrogens is 310 g/mol. The summed E-state index contributed by atoms with van der Waals surface area (Å²) in [4.78, 5) is 6.66. The van der Waals surface area contributed by atoms with Crippen LogP contribution in [0.4, 0.5) is 5.82 Å². The molecule has 108 valence electrons. The van der Waals surface area contributed by atoms with Gasteiger partial charge in [0.1, 0.15) is 5.82 Å². The van der Waals surface area contributed by atoms with Gasteiger partial charge in [-0.05, 0) is 28.9 Å². The van der Waals surface area contributed by atoms with Crippen molar-refractivity contribution in [3.05, 3.63) is 22.3 Å². The minimum absolute atomic E-state index is 0.208. The van der Waals surface area contributed by atoms with E-state index in [9.17, 15) is 0 Å². The van der Waals surface area contributed by atoms with Crippen molar-refractivity contribution in [2.75, 3.05) is 38.9 Å². The molecule has 2 N–H and O–H groups in total. The molecule has 1 aromatic rings. The number of pyridine rings is 1. The number of hydrogen-bond acceptors (Lipinski definition) is 5. The molecule has 0 saturated carbocycles. The fourth-order valence-corrected chi connectivity index (χ4v) is 2.32. The minimum Gasteiger partial charge on any atom is -0.383 e. The Morgan fingerprint density at radius 3 is 2.74 bits per heavy atom. The van der Waals surface area contributed by atoms with Gasteiger partial charge in [-0.1, -0.05) is 0 Å². The van der Waals surface area contributed by atoms with E-state index < -0.39 is 0 Å². The highest BCUT2D eigenvalue weighted by Crippen LogP contribution is 2.23. The van der Waals surface area contributed by atoms with Gasteiger partial charge in [-0.15, -0.1) is 0 Å². The average Bonchev–Trinajstić information content (AvgIpc) is 2.40. The fourth-order valence-electron chi connectivity index (χ4n) is 1.94. The number of halogens is 1. The molecule has 0 saturated heterocycles. The van der Waals surface area contributed by atoms with Crippen molar-refractivity contribution in [1.29, 1.82) is 0 Å². The quantitative estimate of drug-likeness (QED) is 0.786. The largest absolute Gasteiger partial charge is 0.383 e. The van der Waals surface area contributed by atoms with Crippen molar-refractivity contribution in [2.45, 2.75) is 19.5 Å². The van der Waals surface area contributed by atoms with Crippen LogP contribution < -0.4 is 10.6 Å². The second kappa shape index (κ2) is 8.47. The molecule has 0 aliphatic carbocycles. The Labute approximate surface area is 123 Å². The topological polar surface area (TPSA) is 60.6 Å². The number of hydrogen-bond donors (Lipinski definition) is 1. The first-order valence-electron chi connectivity index (χ1n) is 6.23. The van der Waals surface area contributed by atoms with Crippen LogP contribution in [0.3, 0.4) is 0 Å². The maximum atomic E-state index is 5.81. The summed E-state index contributed by atoms with van der Waals surface area (Å²) >= 11 is 3.42. The van der Waals surface area contributed by atoms with Gasteiger partial charge in [-0.2, -0.15) is 0 Å². The van der Waals surface area contributed by atoms with Gasteiger partial charge in [0, 0.05) is 43.5 Å². The standard InChI is InChI=1S/C13H22BrN3O2/c1-10(9-19-3)17(4-5-18-2)13-11(7-15)6-12(14)8-16-13/h6,8,10H,4-5,7,9,15H2,1-3H3. The molecular formula is C13H22BrN3O2. The average molecular weight is 332 g/mol. The molecule has 1 rings (SSSR count). The lowest BCUT2D eigenvalue weighted by molar-refractivity contribution is 0.170. The van der Waals surface area contributed by atoms with Gasteiger partial charge in [0.25, 0.3) is 0 Å². The first-order valence-corrected chi connectivity index (χ1v) is 7.02. The summed E-state index contributed by atoms with van der Waals surface area (Å²) in [7, 11) is 3.39. The van der Waals surface area contributed by atoms with Crippen LogP contribution in [-0.2, 0) is 16.0 Å². The second-order valence-electron chi connectivity index (χ2n) is 4.33. The highest BCUT2D eigenvalue weighted by Gasteiger charge is 2.18. The summed E-state index contributed by atoms with van der Waals surface area (Å²) in [6.45, 7) is 4.57. The molecule has 0 bridgehead atoms. The van der Waals surface area contributed by atoms with Gasteiger partial charge in [0.15, 0.2) is 0 Å². The van der Waals surface area contributed by atoms with Crippen molar-refractivity contribution in [1.82, 2.24) is 4.98 Å². The van der Waals surface area contributed by atoms with Crippen molar-refractivity contribution in [3.63, 3.8) is 0 Å². The maximum absolute atomic E-state index is 5.81. The van der Waals surface area contributed by atoms with Crippen molar-refractivity contribution in [3.8, 4) is 0 Å².